The molecule has 1 aliphatic heterocycles. The minimum atomic E-state index is -0.112. The molecule has 2 fully saturated rings. The molecule has 0 N–H and O–H groups in total. The van der Waals surface area contributed by atoms with Gasteiger partial charge in [0.05, 0.1) is 17.5 Å². The Bertz CT molecular complexity index is 565. The molecule has 3 rings (SSSR count). The summed E-state index contributed by atoms with van der Waals surface area (Å²) in [6.07, 6.45) is 2.75. The highest BCUT2D eigenvalue weighted by Gasteiger charge is 2.52. The largest absolute Gasteiger partial charge is 0.274 e. The second kappa shape index (κ2) is 5.30. The summed E-state index contributed by atoms with van der Waals surface area (Å²) in [6.45, 7) is 2.13. The lowest BCUT2D eigenvalue weighted by Crippen LogP contribution is -2.32. The van der Waals surface area contributed by atoms with Gasteiger partial charge in [-0.25, -0.2) is 4.90 Å². The van der Waals surface area contributed by atoms with Gasteiger partial charge in [-0.1, -0.05) is 24.9 Å². The molecule has 0 bridgehead atoms. The van der Waals surface area contributed by atoms with Gasteiger partial charge in [0.25, 0.3) is 0 Å². The number of carbonyl (C=O) groups is 2. The molecule has 2 atom stereocenters. The van der Waals surface area contributed by atoms with Gasteiger partial charge in [-0.15, -0.1) is 0 Å². The van der Waals surface area contributed by atoms with Crippen LogP contribution in [0.15, 0.2) is 18.2 Å². The van der Waals surface area contributed by atoms with Crippen molar-refractivity contribution in [2.75, 3.05) is 4.90 Å². The first kappa shape index (κ1) is 14.3. The van der Waals surface area contributed by atoms with Crippen LogP contribution < -0.4 is 4.90 Å². The predicted octanol–water partition coefficient (Wildman–Crippen LogP) is 3.87. The van der Waals surface area contributed by atoms with Crippen molar-refractivity contribution in [1.82, 2.24) is 0 Å². The van der Waals surface area contributed by atoms with E-state index in [-0.39, 0.29) is 23.7 Å². The maximum Gasteiger partial charge on any atom is 0.237 e. The number of imide groups is 1. The van der Waals surface area contributed by atoms with E-state index in [0.29, 0.717) is 16.6 Å². The van der Waals surface area contributed by atoms with Crippen LogP contribution in [0.4, 0.5) is 5.69 Å². The quantitative estimate of drug-likeness (QED) is 0.555. The van der Waals surface area contributed by atoms with Crippen molar-refractivity contribution in [3.63, 3.8) is 0 Å². The number of nitrogens with zero attached hydrogens (tertiary/aromatic N) is 1. The minimum absolute atomic E-state index is 0.0313. The summed E-state index contributed by atoms with van der Waals surface area (Å²) in [6, 6.07) is 5.27. The van der Waals surface area contributed by atoms with Crippen LogP contribution in [0.5, 0.6) is 0 Å². The number of fused-ring (bicyclic) bond motifs is 1. The zero-order valence-corrected chi connectivity index (χ0v) is 14.0. The van der Waals surface area contributed by atoms with E-state index in [1.807, 2.05) is 0 Å². The smallest absolute Gasteiger partial charge is 0.237 e. The van der Waals surface area contributed by atoms with Gasteiger partial charge in [0.1, 0.15) is 0 Å². The van der Waals surface area contributed by atoms with Gasteiger partial charge >= 0.3 is 0 Å². The highest BCUT2D eigenvalue weighted by molar-refractivity contribution is 14.1. The molecule has 0 spiro atoms. The lowest BCUT2D eigenvalue weighted by molar-refractivity contribution is -0.123. The molecule has 20 heavy (non-hydrogen) atoms. The van der Waals surface area contributed by atoms with Gasteiger partial charge in [0.15, 0.2) is 0 Å². The van der Waals surface area contributed by atoms with Gasteiger partial charge in [0, 0.05) is 8.59 Å². The van der Waals surface area contributed by atoms with E-state index >= 15 is 0 Å². The highest BCUT2D eigenvalue weighted by Crippen LogP contribution is 2.46. The van der Waals surface area contributed by atoms with Crippen LogP contribution in [0.3, 0.4) is 0 Å². The second-order valence-corrected chi connectivity index (χ2v) is 7.16. The monoisotopic (exact) mass is 403 g/mol. The van der Waals surface area contributed by atoms with E-state index in [1.165, 1.54) is 4.90 Å². The Labute approximate surface area is 136 Å². The molecule has 3 nitrogen and oxygen atoms in total. The Morgan fingerprint density at radius 3 is 2.35 bits per heavy atom. The molecule has 1 aliphatic carbocycles. The van der Waals surface area contributed by atoms with Gasteiger partial charge < -0.3 is 0 Å². The topological polar surface area (TPSA) is 37.4 Å². The van der Waals surface area contributed by atoms with E-state index in [1.54, 1.807) is 18.2 Å². The third kappa shape index (κ3) is 2.17. The van der Waals surface area contributed by atoms with E-state index in [0.717, 1.165) is 22.8 Å². The molecule has 106 valence electrons. The Hall–Kier alpha value is -0.620. The first-order valence-electron chi connectivity index (χ1n) is 6.85. The Kier molecular flexibility index (Phi) is 3.79. The summed E-state index contributed by atoms with van der Waals surface area (Å²) < 4.78 is 0.837. The van der Waals surface area contributed by atoms with Gasteiger partial charge in [-0.2, -0.15) is 0 Å². The number of carbonyl (C=O) groups excluding carboxylic acids is 2. The predicted molar refractivity (Wildman–Crippen MR) is 86.7 cm³/mol. The summed E-state index contributed by atoms with van der Waals surface area (Å²) in [5, 5.41) is 0.614. The number of halogens is 2. The Morgan fingerprint density at radius 2 is 1.85 bits per heavy atom. The number of amides is 2. The van der Waals surface area contributed by atoms with Crippen LogP contribution in [0.25, 0.3) is 0 Å². The van der Waals surface area contributed by atoms with E-state index in [9.17, 15) is 9.59 Å². The van der Waals surface area contributed by atoms with Crippen LogP contribution in [-0.2, 0) is 9.59 Å². The molecule has 0 aromatic heterocycles. The van der Waals surface area contributed by atoms with Crippen molar-refractivity contribution in [3.8, 4) is 0 Å². The molecule has 2 unspecified atom stereocenters. The summed E-state index contributed by atoms with van der Waals surface area (Å²) >= 11 is 8.06. The average Bonchev–Trinajstić information content (AvgIpc) is 2.93. The fraction of sp³-hybridized carbons (Fsp3) is 0.467. The maximum atomic E-state index is 12.6. The molecular formula is C15H15ClINO2. The number of benzene rings is 1. The fourth-order valence-electron chi connectivity index (χ4n) is 3.36. The van der Waals surface area contributed by atoms with E-state index < -0.39 is 0 Å². The van der Waals surface area contributed by atoms with Crippen molar-refractivity contribution in [3.05, 3.63) is 26.8 Å². The van der Waals surface area contributed by atoms with Crippen molar-refractivity contribution >= 4 is 51.7 Å². The first-order valence-corrected chi connectivity index (χ1v) is 8.31. The van der Waals surface area contributed by atoms with Crippen molar-refractivity contribution < 1.29 is 9.59 Å². The molecule has 1 heterocycles. The zero-order chi connectivity index (χ0) is 14.4. The molecule has 0 radical (unpaired) electrons. The fourth-order valence-corrected chi connectivity index (χ4v) is 4.48. The lowest BCUT2D eigenvalue weighted by Gasteiger charge is -2.19. The van der Waals surface area contributed by atoms with E-state index in [4.69, 9.17) is 11.6 Å². The molecule has 1 aromatic carbocycles. The summed E-state index contributed by atoms with van der Waals surface area (Å²) in [7, 11) is 0. The molecule has 1 saturated carbocycles. The number of hydrogen-bond donors (Lipinski definition) is 0. The summed E-state index contributed by atoms with van der Waals surface area (Å²) in [4.78, 5) is 26.5. The van der Waals surface area contributed by atoms with Gasteiger partial charge in [-0.05, 0) is 59.5 Å². The van der Waals surface area contributed by atoms with Gasteiger partial charge in [0.2, 0.25) is 11.8 Å². The van der Waals surface area contributed by atoms with Gasteiger partial charge in [-0.3, -0.25) is 9.59 Å². The first-order chi connectivity index (χ1) is 9.52. The molecule has 5 heteroatoms. The molecular weight excluding hydrogens is 389 g/mol. The van der Waals surface area contributed by atoms with Crippen LogP contribution in [0.2, 0.25) is 5.02 Å². The standard InChI is InChI=1S/C15H15ClINO2/c1-2-8-5-10-11(6-8)15(20)18(14(10)19)13-4-3-9(16)7-12(13)17/h3-4,7-8,10-11H,2,5-6H2,1H3. The Balaban J connectivity index is 1.94. The summed E-state index contributed by atoms with van der Waals surface area (Å²) in [5.41, 5.74) is 0.674. The van der Waals surface area contributed by atoms with Crippen molar-refractivity contribution in [2.24, 2.45) is 17.8 Å². The van der Waals surface area contributed by atoms with Crippen molar-refractivity contribution in [2.45, 2.75) is 26.2 Å². The van der Waals surface area contributed by atoms with Crippen LogP contribution >= 0.6 is 34.2 Å². The SMILES string of the molecule is CCC1CC2C(=O)N(c3ccc(Cl)cc3I)C(=O)C2C1. The van der Waals surface area contributed by atoms with Crippen LogP contribution in [0, 0.1) is 21.3 Å². The molecule has 2 aliphatic rings. The lowest BCUT2D eigenvalue weighted by atomic mass is 10.00. The molecule has 2 amide bonds. The summed E-state index contributed by atoms with van der Waals surface area (Å²) in [5.74, 6) is 0.231. The van der Waals surface area contributed by atoms with Crippen molar-refractivity contribution in [1.29, 1.82) is 0 Å². The minimum Gasteiger partial charge on any atom is -0.274 e. The van der Waals surface area contributed by atoms with Crippen LogP contribution in [-0.4, -0.2) is 11.8 Å². The third-order valence-corrected chi connectivity index (χ3v) is 5.56. The second-order valence-electron chi connectivity index (χ2n) is 5.57. The zero-order valence-electron chi connectivity index (χ0n) is 11.1. The normalized spacial score (nSPS) is 29.1. The number of hydrogen-bond acceptors (Lipinski definition) is 2. The molecule has 1 saturated heterocycles. The number of rotatable bonds is 2. The molecule has 1 aromatic rings. The maximum absolute atomic E-state index is 12.6. The third-order valence-electron chi connectivity index (χ3n) is 4.46. The van der Waals surface area contributed by atoms with E-state index in [2.05, 4.69) is 29.5 Å². The Morgan fingerprint density at radius 1 is 1.25 bits per heavy atom. The number of anilines is 1. The highest BCUT2D eigenvalue weighted by atomic mass is 127. The van der Waals surface area contributed by atoms with Crippen LogP contribution in [0.1, 0.15) is 26.2 Å². The average molecular weight is 404 g/mol.